The number of hydrogen-bond donors (Lipinski definition) is 1. The molecule has 112 valence electrons. The van der Waals surface area contributed by atoms with E-state index in [4.69, 9.17) is 15.2 Å². The van der Waals surface area contributed by atoms with Crippen LogP contribution in [0.4, 0.5) is 0 Å². The summed E-state index contributed by atoms with van der Waals surface area (Å²) < 4.78 is 10.9. The van der Waals surface area contributed by atoms with Gasteiger partial charge in [0, 0.05) is 6.04 Å². The molecule has 1 fully saturated rings. The van der Waals surface area contributed by atoms with Gasteiger partial charge in [0.1, 0.15) is 0 Å². The van der Waals surface area contributed by atoms with E-state index in [9.17, 15) is 0 Å². The first kappa shape index (κ1) is 12.8. The van der Waals surface area contributed by atoms with Crippen LogP contribution in [-0.4, -0.2) is 30.2 Å². The van der Waals surface area contributed by atoms with Gasteiger partial charge in [0.15, 0.2) is 17.5 Å². The number of aliphatic imine (C=N–C) groups is 1. The molecular formula is C16H21N3O2. The first-order chi connectivity index (χ1) is 10.2. The second-order valence-electron chi connectivity index (χ2n) is 6.32. The second kappa shape index (κ2) is 4.55. The van der Waals surface area contributed by atoms with Crippen molar-refractivity contribution in [3.8, 4) is 11.5 Å². The van der Waals surface area contributed by atoms with Crippen LogP contribution in [0.25, 0.3) is 0 Å². The minimum atomic E-state index is -0.180. The third-order valence-corrected chi connectivity index (χ3v) is 5.01. The lowest BCUT2D eigenvalue weighted by atomic mass is 9.89. The molecule has 21 heavy (non-hydrogen) atoms. The van der Waals surface area contributed by atoms with Crippen LogP contribution in [-0.2, 0) is 5.54 Å². The molecule has 1 aromatic rings. The summed E-state index contributed by atoms with van der Waals surface area (Å²) in [5.74, 6) is 2.33. The monoisotopic (exact) mass is 287 g/mol. The second-order valence-corrected chi connectivity index (χ2v) is 6.32. The SMILES string of the molecule is CC1(c2ccc3c(c2)OCO3)CN=C(N)N1C1CCCC1. The van der Waals surface area contributed by atoms with Crippen LogP contribution < -0.4 is 15.2 Å². The van der Waals surface area contributed by atoms with Crippen LogP contribution in [0.5, 0.6) is 11.5 Å². The Labute approximate surface area is 124 Å². The molecule has 5 nitrogen and oxygen atoms in total. The van der Waals surface area contributed by atoms with E-state index in [0.717, 1.165) is 11.5 Å². The van der Waals surface area contributed by atoms with Crippen LogP contribution in [0, 0.1) is 0 Å². The van der Waals surface area contributed by atoms with E-state index in [-0.39, 0.29) is 5.54 Å². The van der Waals surface area contributed by atoms with E-state index < -0.39 is 0 Å². The van der Waals surface area contributed by atoms with Gasteiger partial charge in [-0.05, 0) is 37.5 Å². The predicted octanol–water partition coefficient (Wildman–Crippen LogP) is 2.20. The molecule has 5 heteroatoms. The van der Waals surface area contributed by atoms with Crippen LogP contribution in [0.2, 0.25) is 0 Å². The van der Waals surface area contributed by atoms with E-state index in [1.54, 1.807) is 0 Å². The number of guanidine groups is 1. The number of nitrogens with two attached hydrogens (primary N) is 1. The lowest BCUT2D eigenvalue weighted by molar-refractivity contribution is 0.165. The quantitative estimate of drug-likeness (QED) is 0.906. The zero-order valence-electron chi connectivity index (χ0n) is 12.3. The molecule has 0 saturated heterocycles. The number of hydrogen-bond acceptors (Lipinski definition) is 5. The summed E-state index contributed by atoms with van der Waals surface area (Å²) in [5, 5.41) is 0. The average molecular weight is 287 g/mol. The molecule has 1 atom stereocenters. The van der Waals surface area contributed by atoms with Crippen molar-refractivity contribution in [2.24, 2.45) is 10.7 Å². The van der Waals surface area contributed by atoms with Crippen molar-refractivity contribution in [2.75, 3.05) is 13.3 Å². The minimum Gasteiger partial charge on any atom is -0.454 e. The summed E-state index contributed by atoms with van der Waals surface area (Å²) in [4.78, 5) is 6.86. The Morgan fingerprint density at radius 1 is 1.24 bits per heavy atom. The first-order valence-corrected chi connectivity index (χ1v) is 7.68. The Morgan fingerprint density at radius 3 is 2.81 bits per heavy atom. The van der Waals surface area contributed by atoms with E-state index in [0.29, 0.717) is 25.3 Å². The highest BCUT2D eigenvalue weighted by Gasteiger charge is 2.44. The van der Waals surface area contributed by atoms with Crippen molar-refractivity contribution in [3.63, 3.8) is 0 Å². The highest BCUT2D eigenvalue weighted by molar-refractivity contribution is 5.81. The maximum Gasteiger partial charge on any atom is 0.231 e. The van der Waals surface area contributed by atoms with E-state index in [1.807, 2.05) is 6.07 Å². The van der Waals surface area contributed by atoms with Gasteiger partial charge in [-0.3, -0.25) is 4.99 Å². The summed E-state index contributed by atoms with van der Waals surface area (Å²) in [5.41, 5.74) is 7.22. The standard InChI is InChI=1S/C16H21N3O2/c1-16(11-6-7-13-14(8-11)21-10-20-13)9-18-15(17)19(16)12-4-2-3-5-12/h6-8,12H,2-5,9-10H2,1H3,(H2,17,18). The van der Waals surface area contributed by atoms with Crippen LogP contribution >= 0.6 is 0 Å². The molecular weight excluding hydrogens is 266 g/mol. The molecule has 2 N–H and O–H groups in total. The topological polar surface area (TPSA) is 60.1 Å². The number of nitrogens with zero attached hydrogens (tertiary/aromatic N) is 2. The van der Waals surface area contributed by atoms with Gasteiger partial charge in [0.2, 0.25) is 6.79 Å². The Hall–Kier alpha value is -1.91. The van der Waals surface area contributed by atoms with Crippen molar-refractivity contribution in [2.45, 2.75) is 44.2 Å². The Balaban J connectivity index is 1.71. The lowest BCUT2D eigenvalue weighted by Gasteiger charge is -2.41. The van der Waals surface area contributed by atoms with Crippen LogP contribution in [0.1, 0.15) is 38.2 Å². The average Bonchev–Trinajstić information content (AvgIpc) is 3.19. The largest absolute Gasteiger partial charge is 0.454 e. The summed E-state index contributed by atoms with van der Waals surface area (Å²) in [6.07, 6.45) is 4.98. The Morgan fingerprint density at radius 2 is 2.00 bits per heavy atom. The van der Waals surface area contributed by atoms with Crippen molar-refractivity contribution in [1.29, 1.82) is 0 Å². The number of benzene rings is 1. The molecule has 2 heterocycles. The Kier molecular flexibility index (Phi) is 2.77. The molecule has 2 aliphatic heterocycles. The van der Waals surface area contributed by atoms with Crippen molar-refractivity contribution in [3.05, 3.63) is 23.8 Å². The van der Waals surface area contributed by atoms with E-state index in [1.165, 1.54) is 31.2 Å². The number of fused-ring (bicyclic) bond motifs is 1. The molecule has 0 aromatic heterocycles. The van der Waals surface area contributed by atoms with E-state index >= 15 is 0 Å². The maximum atomic E-state index is 6.20. The van der Waals surface area contributed by atoms with Crippen LogP contribution in [0.15, 0.2) is 23.2 Å². The van der Waals surface area contributed by atoms with Gasteiger partial charge in [-0.25, -0.2) is 0 Å². The molecule has 4 rings (SSSR count). The number of rotatable bonds is 2. The molecule has 1 saturated carbocycles. The molecule has 1 aromatic carbocycles. The number of ether oxygens (including phenoxy) is 2. The molecule has 0 bridgehead atoms. The third kappa shape index (κ3) is 1.87. The highest BCUT2D eigenvalue weighted by atomic mass is 16.7. The fourth-order valence-corrected chi connectivity index (χ4v) is 3.85. The van der Waals surface area contributed by atoms with Gasteiger partial charge in [0.05, 0.1) is 12.1 Å². The lowest BCUT2D eigenvalue weighted by Crippen LogP contribution is -2.52. The van der Waals surface area contributed by atoms with Gasteiger partial charge < -0.3 is 20.1 Å². The maximum absolute atomic E-state index is 6.20. The zero-order valence-corrected chi connectivity index (χ0v) is 12.3. The molecule has 0 spiro atoms. The fourth-order valence-electron chi connectivity index (χ4n) is 3.85. The zero-order chi connectivity index (χ0) is 14.4. The molecule has 3 aliphatic rings. The van der Waals surface area contributed by atoms with Gasteiger partial charge in [0.25, 0.3) is 0 Å². The van der Waals surface area contributed by atoms with E-state index in [2.05, 4.69) is 28.9 Å². The predicted molar refractivity (Wildman–Crippen MR) is 80.5 cm³/mol. The summed E-state index contributed by atoms with van der Waals surface area (Å²) in [6.45, 7) is 3.24. The molecule has 1 aliphatic carbocycles. The minimum absolute atomic E-state index is 0.180. The first-order valence-electron chi connectivity index (χ1n) is 7.68. The molecule has 0 radical (unpaired) electrons. The van der Waals surface area contributed by atoms with Crippen LogP contribution in [0.3, 0.4) is 0 Å². The van der Waals surface area contributed by atoms with Gasteiger partial charge in [-0.1, -0.05) is 18.9 Å². The smallest absolute Gasteiger partial charge is 0.231 e. The van der Waals surface area contributed by atoms with Gasteiger partial charge in [-0.2, -0.15) is 0 Å². The van der Waals surface area contributed by atoms with Gasteiger partial charge in [-0.15, -0.1) is 0 Å². The fraction of sp³-hybridized carbons (Fsp3) is 0.562. The summed E-state index contributed by atoms with van der Waals surface area (Å²) in [6, 6.07) is 6.69. The van der Waals surface area contributed by atoms with Crippen molar-refractivity contribution >= 4 is 5.96 Å². The van der Waals surface area contributed by atoms with Crippen molar-refractivity contribution < 1.29 is 9.47 Å². The van der Waals surface area contributed by atoms with Gasteiger partial charge >= 0.3 is 0 Å². The summed E-state index contributed by atoms with van der Waals surface area (Å²) >= 11 is 0. The Bertz CT molecular complexity index is 595. The molecule has 0 amide bonds. The third-order valence-electron chi connectivity index (χ3n) is 5.01. The molecule has 1 unspecified atom stereocenters. The highest BCUT2D eigenvalue weighted by Crippen LogP contribution is 2.42. The van der Waals surface area contributed by atoms with Crippen molar-refractivity contribution in [1.82, 2.24) is 4.90 Å². The normalized spacial score (nSPS) is 28.2. The summed E-state index contributed by atoms with van der Waals surface area (Å²) in [7, 11) is 0.